The second-order valence-electron chi connectivity index (χ2n) is 3.93. The van der Waals surface area contributed by atoms with Crippen LogP contribution in [0.2, 0.25) is 0 Å². The zero-order chi connectivity index (χ0) is 10.6. The van der Waals surface area contributed by atoms with E-state index in [0.29, 0.717) is 12.8 Å². The first-order valence-electron chi connectivity index (χ1n) is 4.80. The minimum Gasteiger partial charge on any atom is -0.466 e. The third-order valence-electron chi connectivity index (χ3n) is 2.65. The minimum absolute atomic E-state index is 0.0343. The largest absolute Gasteiger partial charge is 0.466 e. The predicted molar refractivity (Wildman–Crippen MR) is 49.1 cm³/mol. The highest BCUT2D eigenvalue weighted by atomic mass is 16.5. The van der Waals surface area contributed by atoms with Crippen molar-refractivity contribution in [3.63, 3.8) is 0 Å². The standard InChI is InChI=1S/C10H15NO3/c1-10(7-11)6-8(10)5-9(13)14-4-2-3-12/h8,12H,2-6H2,1H3/t8-,10+/m0/s1. The van der Waals surface area contributed by atoms with Gasteiger partial charge in [-0.15, -0.1) is 0 Å². The van der Waals surface area contributed by atoms with E-state index in [2.05, 4.69) is 6.07 Å². The number of carbonyl (C=O) groups is 1. The van der Waals surface area contributed by atoms with Crippen LogP contribution in [0.25, 0.3) is 0 Å². The van der Waals surface area contributed by atoms with Gasteiger partial charge in [0, 0.05) is 19.4 Å². The highest BCUT2D eigenvalue weighted by molar-refractivity contribution is 5.70. The van der Waals surface area contributed by atoms with E-state index in [1.165, 1.54) is 0 Å². The first-order chi connectivity index (χ1) is 6.62. The van der Waals surface area contributed by atoms with Gasteiger partial charge in [-0.1, -0.05) is 0 Å². The smallest absolute Gasteiger partial charge is 0.306 e. The van der Waals surface area contributed by atoms with Gasteiger partial charge in [0.2, 0.25) is 0 Å². The molecule has 0 spiro atoms. The van der Waals surface area contributed by atoms with E-state index in [1.807, 2.05) is 6.92 Å². The molecule has 14 heavy (non-hydrogen) atoms. The molecule has 0 aromatic carbocycles. The van der Waals surface area contributed by atoms with Crippen molar-refractivity contribution in [1.82, 2.24) is 0 Å². The maximum absolute atomic E-state index is 11.2. The highest BCUT2D eigenvalue weighted by Crippen LogP contribution is 2.53. The number of nitrogens with zero attached hydrogens (tertiary/aromatic N) is 1. The van der Waals surface area contributed by atoms with Crippen molar-refractivity contribution >= 4 is 5.97 Å². The van der Waals surface area contributed by atoms with Gasteiger partial charge in [-0.2, -0.15) is 5.26 Å². The molecule has 2 atom stereocenters. The molecule has 0 aromatic heterocycles. The van der Waals surface area contributed by atoms with Crippen LogP contribution in [0.4, 0.5) is 0 Å². The van der Waals surface area contributed by atoms with E-state index in [0.717, 1.165) is 6.42 Å². The third-order valence-corrected chi connectivity index (χ3v) is 2.65. The van der Waals surface area contributed by atoms with Crippen LogP contribution in [0.1, 0.15) is 26.2 Å². The maximum Gasteiger partial charge on any atom is 0.306 e. The quantitative estimate of drug-likeness (QED) is 0.524. The Bertz CT molecular complexity index is 259. The van der Waals surface area contributed by atoms with Crippen LogP contribution in [0.15, 0.2) is 0 Å². The molecule has 0 saturated heterocycles. The molecule has 0 amide bonds. The lowest BCUT2D eigenvalue weighted by Gasteiger charge is -2.03. The fraction of sp³-hybridized carbons (Fsp3) is 0.800. The molecule has 4 heteroatoms. The van der Waals surface area contributed by atoms with Crippen molar-refractivity contribution in [2.45, 2.75) is 26.2 Å². The average molecular weight is 197 g/mol. The molecule has 78 valence electrons. The lowest BCUT2D eigenvalue weighted by Crippen LogP contribution is -2.09. The molecule has 1 N–H and O–H groups in total. The Morgan fingerprint density at radius 1 is 1.79 bits per heavy atom. The van der Waals surface area contributed by atoms with Crippen molar-refractivity contribution in [3.8, 4) is 6.07 Å². The predicted octanol–water partition coefficient (Wildman–Crippen LogP) is 0.852. The molecule has 1 rings (SSSR count). The molecule has 0 bridgehead atoms. The minimum atomic E-state index is -0.310. The van der Waals surface area contributed by atoms with E-state index < -0.39 is 0 Å². The zero-order valence-corrected chi connectivity index (χ0v) is 8.32. The molecular formula is C10H15NO3. The van der Waals surface area contributed by atoms with Crippen molar-refractivity contribution in [2.75, 3.05) is 13.2 Å². The average Bonchev–Trinajstić information content (AvgIpc) is 2.78. The Balaban J connectivity index is 2.15. The SMILES string of the molecule is C[C@]1(C#N)C[C@@H]1CC(=O)OCCCO. The first kappa shape index (κ1) is 11.0. The molecular weight excluding hydrogens is 182 g/mol. The van der Waals surface area contributed by atoms with E-state index in [9.17, 15) is 4.79 Å². The van der Waals surface area contributed by atoms with Gasteiger partial charge in [0.1, 0.15) is 0 Å². The number of esters is 1. The van der Waals surface area contributed by atoms with E-state index in [-0.39, 0.29) is 30.5 Å². The molecule has 0 unspecified atom stereocenters. The number of hydrogen-bond donors (Lipinski definition) is 1. The monoisotopic (exact) mass is 197 g/mol. The zero-order valence-electron chi connectivity index (χ0n) is 8.32. The summed E-state index contributed by atoms with van der Waals surface area (Å²) >= 11 is 0. The normalized spacial score (nSPS) is 29.4. The summed E-state index contributed by atoms with van der Waals surface area (Å²) in [5.74, 6) is -0.100. The number of hydrogen-bond acceptors (Lipinski definition) is 4. The van der Waals surface area contributed by atoms with E-state index >= 15 is 0 Å². The van der Waals surface area contributed by atoms with Crippen molar-refractivity contribution in [1.29, 1.82) is 5.26 Å². The second-order valence-corrected chi connectivity index (χ2v) is 3.93. The van der Waals surface area contributed by atoms with Crippen molar-refractivity contribution in [2.24, 2.45) is 11.3 Å². The van der Waals surface area contributed by atoms with Gasteiger partial charge in [0.05, 0.1) is 18.1 Å². The molecule has 1 saturated carbocycles. The maximum atomic E-state index is 11.2. The van der Waals surface area contributed by atoms with E-state index in [4.69, 9.17) is 15.1 Å². The second kappa shape index (κ2) is 4.43. The van der Waals surface area contributed by atoms with Gasteiger partial charge in [-0.05, 0) is 19.3 Å². The molecule has 1 aliphatic carbocycles. The number of nitriles is 1. The van der Waals surface area contributed by atoms with Crippen LogP contribution < -0.4 is 0 Å². The lowest BCUT2D eigenvalue weighted by molar-refractivity contribution is -0.144. The molecule has 0 aromatic rings. The van der Waals surface area contributed by atoms with Gasteiger partial charge < -0.3 is 9.84 Å². The third kappa shape index (κ3) is 2.71. The summed E-state index contributed by atoms with van der Waals surface area (Å²) in [4.78, 5) is 11.2. The molecule has 0 aliphatic heterocycles. The Labute approximate surface area is 83.5 Å². The summed E-state index contributed by atoms with van der Waals surface area (Å²) in [6, 6.07) is 2.19. The van der Waals surface area contributed by atoms with Crippen LogP contribution >= 0.6 is 0 Å². The fourth-order valence-electron chi connectivity index (χ4n) is 1.40. The van der Waals surface area contributed by atoms with Crippen LogP contribution in [-0.2, 0) is 9.53 Å². The number of rotatable bonds is 5. The highest BCUT2D eigenvalue weighted by Gasteiger charge is 2.51. The van der Waals surface area contributed by atoms with Crippen LogP contribution in [-0.4, -0.2) is 24.3 Å². The first-order valence-corrected chi connectivity index (χ1v) is 4.80. The summed E-state index contributed by atoms with van der Waals surface area (Å²) in [5.41, 5.74) is -0.310. The van der Waals surface area contributed by atoms with Crippen molar-refractivity contribution < 1.29 is 14.6 Å². The Morgan fingerprint density at radius 2 is 2.50 bits per heavy atom. The van der Waals surface area contributed by atoms with Gasteiger partial charge in [0.15, 0.2) is 0 Å². The molecule has 4 nitrogen and oxygen atoms in total. The Kier molecular flexibility index (Phi) is 3.48. The molecule has 1 aliphatic rings. The summed E-state index contributed by atoms with van der Waals surface area (Å²) in [6.07, 6.45) is 1.60. The number of carbonyl (C=O) groups excluding carboxylic acids is 1. The van der Waals surface area contributed by atoms with Crippen molar-refractivity contribution in [3.05, 3.63) is 0 Å². The number of aliphatic hydroxyl groups is 1. The van der Waals surface area contributed by atoms with Gasteiger partial charge in [-0.3, -0.25) is 4.79 Å². The Morgan fingerprint density at radius 3 is 3.00 bits per heavy atom. The summed E-state index contributed by atoms with van der Waals surface area (Å²) < 4.78 is 4.86. The lowest BCUT2D eigenvalue weighted by atomic mass is 10.1. The van der Waals surface area contributed by atoms with E-state index in [1.54, 1.807) is 0 Å². The summed E-state index contributed by atoms with van der Waals surface area (Å²) in [5, 5.41) is 17.2. The Hall–Kier alpha value is -1.08. The summed E-state index contributed by atoms with van der Waals surface area (Å²) in [7, 11) is 0. The molecule has 1 fully saturated rings. The number of ether oxygens (including phenoxy) is 1. The fourth-order valence-corrected chi connectivity index (χ4v) is 1.40. The topological polar surface area (TPSA) is 70.3 Å². The van der Waals surface area contributed by atoms with Crippen LogP contribution in [0, 0.1) is 22.7 Å². The van der Waals surface area contributed by atoms with Crippen LogP contribution in [0.5, 0.6) is 0 Å². The molecule has 0 radical (unpaired) electrons. The van der Waals surface area contributed by atoms with Gasteiger partial charge in [0.25, 0.3) is 0 Å². The molecule has 0 heterocycles. The number of aliphatic hydroxyl groups excluding tert-OH is 1. The van der Waals surface area contributed by atoms with Gasteiger partial charge >= 0.3 is 5.97 Å². The van der Waals surface area contributed by atoms with Gasteiger partial charge in [-0.25, -0.2) is 0 Å². The van der Waals surface area contributed by atoms with Crippen LogP contribution in [0.3, 0.4) is 0 Å². The summed E-state index contributed by atoms with van der Waals surface area (Å²) in [6.45, 7) is 2.16.